The lowest BCUT2D eigenvalue weighted by atomic mass is 9.98. The van der Waals surface area contributed by atoms with Crippen LogP contribution in [0.3, 0.4) is 0 Å². The van der Waals surface area contributed by atoms with Crippen LogP contribution in [0.1, 0.15) is 143 Å². The third-order valence-corrected chi connectivity index (χ3v) is 8.07. The van der Waals surface area contributed by atoms with E-state index < -0.39 is 58.6 Å². The van der Waals surface area contributed by atoms with Crippen molar-refractivity contribution in [2.75, 3.05) is 19.8 Å². The van der Waals surface area contributed by atoms with E-state index in [-0.39, 0.29) is 35.4 Å². The molecule has 0 spiro atoms. The molecule has 0 fully saturated rings. The minimum atomic E-state index is -1.31. The standard InChI is InChI=1S/C9H11NO5.C9H12O3.C8H10O3.C8H12O2.C6H5NO5/c1-9(2,10(13)14)6-3-8(15-5-6)7(12)4-11;1-6(2)7-3-9(12-5-7)8(11)4-10;1-5(2)6-3-7(8(9)10)11-4-6;1-6(2)7-3-8(4-9)10-5-7;8-3-4(9)5-1-2-6(12-5)7(10)11/h3,5,11H,4H2,1-2H3;3,5-6,10H,4H2,1-2H3;3-5H,1-2H3,(H,9,10);3,5-6,9H,4H2,1-2H3;1-2,8H,3H2. The summed E-state index contributed by atoms with van der Waals surface area (Å²) < 4.78 is 24.1. The molecule has 0 amide bonds. The number of Topliss-reactive ketones (excluding diaryl/α,β-unsaturated/α-hetero) is 3. The zero-order valence-corrected chi connectivity index (χ0v) is 34.3. The highest BCUT2D eigenvalue weighted by Gasteiger charge is 2.35. The summed E-state index contributed by atoms with van der Waals surface area (Å²) >= 11 is 0. The molecule has 0 radical (unpaired) electrons. The van der Waals surface area contributed by atoms with Crippen LogP contribution in [0.5, 0.6) is 0 Å². The number of furan rings is 5. The van der Waals surface area contributed by atoms with Crippen LogP contribution in [0.15, 0.2) is 83.5 Å². The monoisotopic (exact) mass is 846 g/mol. The van der Waals surface area contributed by atoms with Crippen molar-refractivity contribution in [3.8, 4) is 0 Å². The highest BCUT2D eigenvalue weighted by molar-refractivity contribution is 5.95. The minimum Gasteiger partial charge on any atom is -0.475 e. The summed E-state index contributed by atoms with van der Waals surface area (Å²) in [5.74, 6) is -1.43. The summed E-state index contributed by atoms with van der Waals surface area (Å²) in [6.07, 6.45) is 5.88. The molecule has 0 unspecified atom stereocenters. The third kappa shape index (κ3) is 16.0. The van der Waals surface area contributed by atoms with Crippen molar-refractivity contribution in [1.29, 1.82) is 0 Å². The predicted molar refractivity (Wildman–Crippen MR) is 210 cm³/mol. The van der Waals surface area contributed by atoms with Gasteiger partial charge in [-0.15, -0.1) is 0 Å². The number of rotatable bonds is 14. The number of aliphatic hydroxyl groups is 4. The van der Waals surface area contributed by atoms with Gasteiger partial charge in [0, 0.05) is 18.8 Å². The Balaban J connectivity index is 0.000000377. The number of carboxylic acid groups (broad SMARTS) is 1. The maximum Gasteiger partial charge on any atom is 0.433 e. The number of aliphatic hydroxyl groups excluding tert-OH is 4. The molecule has 0 bridgehead atoms. The lowest BCUT2D eigenvalue weighted by Crippen LogP contribution is -2.27. The molecule has 0 atom stereocenters. The number of ketones is 3. The molecule has 20 heteroatoms. The van der Waals surface area contributed by atoms with Gasteiger partial charge in [0.15, 0.2) is 17.3 Å². The highest BCUT2D eigenvalue weighted by atomic mass is 16.7. The van der Waals surface area contributed by atoms with Crippen LogP contribution in [0.2, 0.25) is 0 Å². The molecule has 0 aliphatic heterocycles. The zero-order valence-electron chi connectivity index (χ0n) is 34.3. The fraction of sp³-hybridized carbons (Fsp3) is 0.400. The fourth-order valence-corrected chi connectivity index (χ4v) is 4.07. The molecule has 0 saturated carbocycles. The Morgan fingerprint density at radius 3 is 1.38 bits per heavy atom. The maximum absolute atomic E-state index is 11.0. The van der Waals surface area contributed by atoms with Crippen LogP contribution in [-0.2, 0) is 12.1 Å². The highest BCUT2D eigenvalue weighted by Crippen LogP contribution is 2.26. The SMILES string of the molecule is CC(C)(c1coc(C(=O)CO)c1)[N+](=O)[O-].CC(C)c1coc(C(=O)CO)c1.CC(C)c1coc(C(=O)O)c1.CC(C)c1coc(CO)c1.O=C(CO)c1ccc([N+](=O)[O-])o1. The van der Waals surface area contributed by atoms with Crippen LogP contribution >= 0.6 is 0 Å². The second-order valence-electron chi connectivity index (χ2n) is 13.9. The Labute approximate surface area is 343 Å². The van der Waals surface area contributed by atoms with Crippen molar-refractivity contribution in [1.82, 2.24) is 0 Å². The summed E-state index contributed by atoms with van der Waals surface area (Å²) in [4.78, 5) is 62.5. The van der Waals surface area contributed by atoms with Gasteiger partial charge in [0.05, 0.1) is 30.4 Å². The van der Waals surface area contributed by atoms with E-state index in [9.17, 15) is 39.4 Å². The van der Waals surface area contributed by atoms with Gasteiger partial charge >= 0.3 is 11.9 Å². The Morgan fingerprint density at radius 1 is 0.617 bits per heavy atom. The van der Waals surface area contributed by atoms with E-state index >= 15 is 0 Å². The van der Waals surface area contributed by atoms with Gasteiger partial charge in [-0.05, 0) is 64.8 Å². The van der Waals surface area contributed by atoms with Gasteiger partial charge in [0.25, 0.3) is 0 Å². The quantitative estimate of drug-likeness (QED) is 0.0431. The van der Waals surface area contributed by atoms with E-state index in [1.54, 1.807) is 24.7 Å². The van der Waals surface area contributed by atoms with Crippen molar-refractivity contribution < 1.29 is 76.6 Å². The zero-order chi connectivity index (χ0) is 45.9. The largest absolute Gasteiger partial charge is 0.475 e. The summed E-state index contributed by atoms with van der Waals surface area (Å²) in [6.45, 7) is 13.1. The van der Waals surface area contributed by atoms with Crippen molar-refractivity contribution in [2.24, 2.45) is 0 Å². The van der Waals surface area contributed by atoms with Gasteiger partial charge < -0.3 is 47.6 Å². The number of hydrogen-bond acceptors (Lipinski definition) is 17. The van der Waals surface area contributed by atoms with Gasteiger partial charge in [-0.1, -0.05) is 41.5 Å². The molecular weight excluding hydrogens is 796 g/mol. The summed E-state index contributed by atoms with van der Waals surface area (Å²) in [5, 5.41) is 63.3. The normalized spacial score (nSPS) is 10.7. The second kappa shape index (κ2) is 24.4. The fourth-order valence-electron chi connectivity index (χ4n) is 4.07. The maximum atomic E-state index is 11.0. The first-order chi connectivity index (χ1) is 28.0. The molecule has 5 rings (SSSR count). The smallest absolute Gasteiger partial charge is 0.433 e. The van der Waals surface area contributed by atoms with E-state index in [1.807, 2.05) is 33.8 Å². The third-order valence-electron chi connectivity index (χ3n) is 8.07. The van der Waals surface area contributed by atoms with E-state index in [1.165, 1.54) is 26.2 Å². The van der Waals surface area contributed by atoms with Crippen molar-refractivity contribution in [3.05, 3.63) is 133 Å². The number of carboxylic acids is 1. The molecule has 5 heterocycles. The molecule has 0 aliphatic rings. The van der Waals surface area contributed by atoms with Gasteiger partial charge in [-0.25, -0.2) is 4.79 Å². The molecular formula is C40H50N2O18. The molecule has 60 heavy (non-hydrogen) atoms. The van der Waals surface area contributed by atoms with E-state index in [2.05, 4.69) is 18.3 Å². The Kier molecular flexibility index (Phi) is 21.0. The van der Waals surface area contributed by atoms with Gasteiger partial charge in [-0.2, -0.15) is 0 Å². The number of nitro groups is 2. The van der Waals surface area contributed by atoms with Crippen LogP contribution in [0.4, 0.5) is 5.88 Å². The molecule has 0 aromatic carbocycles. The molecule has 328 valence electrons. The van der Waals surface area contributed by atoms with Crippen LogP contribution in [0, 0.1) is 20.2 Å². The number of carbonyl (C=O) groups excluding carboxylic acids is 3. The molecule has 5 aromatic rings. The predicted octanol–water partition coefficient (Wildman–Crippen LogP) is 6.90. The van der Waals surface area contributed by atoms with Crippen molar-refractivity contribution >= 4 is 29.2 Å². The Morgan fingerprint density at radius 2 is 1.03 bits per heavy atom. The molecule has 5 N–H and O–H groups in total. The molecule has 5 aromatic heterocycles. The topological polar surface area (TPSA) is 321 Å². The van der Waals surface area contributed by atoms with Gasteiger partial charge in [-0.3, -0.25) is 34.6 Å². The summed E-state index contributed by atoms with van der Waals surface area (Å²) in [7, 11) is 0. The van der Waals surface area contributed by atoms with E-state index in [0.717, 1.165) is 35.1 Å². The van der Waals surface area contributed by atoms with Crippen LogP contribution < -0.4 is 0 Å². The van der Waals surface area contributed by atoms with Crippen LogP contribution in [-0.4, -0.2) is 78.5 Å². The average molecular weight is 847 g/mol. The number of hydrogen-bond donors (Lipinski definition) is 5. The lowest BCUT2D eigenvalue weighted by molar-refractivity contribution is -0.569. The Hall–Kier alpha value is -6.48. The lowest BCUT2D eigenvalue weighted by Gasteiger charge is -2.12. The molecule has 0 aliphatic carbocycles. The van der Waals surface area contributed by atoms with Gasteiger partial charge in [0.2, 0.25) is 28.6 Å². The average Bonchev–Trinajstić information content (AvgIpc) is 4.06. The number of carbonyl (C=O) groups is 4. The van der Waals surface area contributed by atoms with Crippen molar-refractivity contribution in [2.45, 2.75) is 85.3 Å². The summed E-state index contributed by atoms with van der Waals surface area (Å²) in [6, 6.07) is 8.59. The van der Waals surface area contributed by atoms with E-state index in [4.69, 9.17) is 43.2 Å². The first-order valence-electron chi connectivity index (χ1n) is 18.0. The minimum absolute atomic E-state index is 0.00722. The van der Waals surface area contributed by atoms with Gasteiger partial charge in [0.1, 0.15) is 43.4 Å². The first kappa shape index (κ1) is 51.5. The Bertz CT molecular complexity index is 2140. The summed E-state index contributed by atoms with van der Waals surface area (Å²) in [5.41, 5.74) is 2.03. The second-order valence-corrected chi connectivity index (χ2v) is 13.9. The van der Waals surface area contributed by atoms with Crippen molar-refractivity contribution in [3.63, 3.8) is 0 Å². The number of nitrogens with zero attached hydrogens (tertiary/aromatic N) is 2. The van der Waals surface area contributed by atoms with Crippen LogP contribution in [0.25, 0.3) is 0 Å². The molecule has 0 saturated heterocycles. The number of aromatic carboxylic acids is 1. The molecule has 20 nitrogen and oxygen atoms in total. The van der Waals surface area contributed by atoms with E-state index in [0.29, 0.717) is 29.1 Å². The first-order valence-corrected chi connectivity index (χ1v) is 18.0.